The van der Waals surface area contributed by atoms with Gasteiger partial charge in [0.05, 0.1) is 5.69 Å². The van der Waals surface area contributed by atoms with Crippen LogP contribution in [0.25, 0.3) is 11.3 Å². The van der Waals surface area contributed by atoms with E-state index >= 15 is 0 Å². The SMILES string of the molecule is CCC(=O)N1CCC(NC(=NC)NCc2cccc(-c3ccccn3)c2)C1. The van der Waals surface area contributed by atoms with E-state index in [1.807, 2.05) is 36.1 Å². The maximum absolute atomic E-state index is 11.8. The summed E-state index contributed by atoms with van der Waals surface area (Å²) in [5.41, 5.74) is 3.23. The lowest BCUT2D eigenvalue weighted by Crippen LogP contribution is -2.44. The van der Waals surface area contributed by atoms with Crippen molar-refractivity contribution in [1.29, 1.82) is 0 Å². The van der Waals surface area contributed by atoms with Gasteiger partial charge in [0.25, 0.3) is 0 Å². The zero-order valence-electron chi connectivity index (χ0n) is 16.0. The number of rotatable bonds is 5. The Hall–Kier alpha value is -2.89. The highest BCUT2D eigenvalue weighted by Crippen LogP contribution is 2.17. The van der Waals surface area contributed by atoms with Gasteiger partial charge in [-0.1, -0.05) is 31.2 Å². The Morgan fingerprint density at radius 2 is 2.19 bits per heavy atom. The first-order chi connectivity index (χ1) is 13.2. The standard InChI is InChI=1S/C21H27N5O/c1-3-20(27)26-12-10-18(15-26)25-21(22-2)24-14-16-7-6-8-17(13-16)19-9-4-5-11-23-19/h4-9,11,13,18H,3,10,12,14-15H2,1-2H3,(H2,22,24,25). The van der Waals surface area contributed by atoms with Crippen LogP contribution >= 0.6 is 0 Å². The van der Waals surface area contributed by atoms with E-state index in [1.165, 1.54) is 0 Å². The minimum absolute atomic E-state index is 0.216. The molecule has 1 unspecified atom stereocenters. The van der Waals surface area contributed by atoms with Crippen molar-refractivity contribution < 1.29 is 4.79 Å². The highest BCUT2D eigenvalue weighted by molar-refractivity contribution is 5.80. The number of benzene rings is 1. The van der Waals surface area contributed by atoms with Crippen LogP contribution in [0.15, 0.2) is 53.7 Å². The number of guanidine groups is 1. The molecule has 1 aromatic heterocycles. The van der Waals surface area contributed by atoms with Crippen molar-refractivity contribution in [3.05, 3.63) is 54.2 Å². The monoisotopic (exact) mass is 365 g/mol. The molecule has 0 saturated carbocycles. The average molecular weight is 365 g/mol. The zero-order valence-corrected chi connectivity index (χ0v) is 16.0. The van der Waals surface area contributed by atoms with Gasteiger partial charge < -0.3 is 15.5 Å². The first kappa shape index (κ1) is 18.9. The Labute approximate surface area is 160 Å². The van der Waals surface area contributed by atoms with Crippen molar-refractivity contribution in [3.63, 3.8) is 0 Å². The lowest BCUT2D eigenvalue weighted by molar-refractivity contribution is -0.129. The first-order valence-electron chi connectivity index (χ1n) is 9.45. The van der Waals surface area contributed by atoms with E-state index in [9.17, 15) is 4.79 Å². The van der Waals surface area contributed by atoms with Crippen LogP contribution in [0.4, 0.5) is 0 Å². The van der Waals surface area contributed by atoms with Crippen molar-refractivity contribution in [3.8, 4) is 11.3 Å². The van der Waals surface area contributed by atoms with Crippen molar-refractivity contribution in [2.75, 3.05) is 20.1 Å². The van der Waals surface area contributed by atoms with Gasteiger partial charge in [0.15, 0.2) is 5.96 Å². The summed E-state index contributed by atoms with van der Waals surface area (Å²) in [7, 11) is 1.77. The van der Waals surface area contributed by atoms with Crippen LogP contribution in [0, 0.1) is 0 Å². The zero-order chi connectivity index (χ0) is 19.1. The summed E-state index contributed by atoms with van der Waals surface area (Å²) in [6.45, 7) is 4.13. The minimum Gasteiger partial charge on any atom is -0.352 e. The maximum atomic E-state index is 11.8. The van der Waals surface area contributed by atoms with Gasteiger partial charge in [0, 0.05) is 50.9 Å². The number of aromatic nitrogens is 1. The molecule has 142 valence electrons. The average Bonchev–Trinajstić information content (AvgIpc) is 3.20. The van der Waals surface area contributed by atoms with Crippen LogP contribution in [0.5, 0.6) is 0 Å². The second kappa shape index (κ2) is 9.16. The molecule has 1 atom stereocenters. The summed E-state index contributed by atoms with van der Waals surface area (Å²) in [6.07, 6.45) is 3.31. The molecule has 2 aromatic rings. The molecule has 6 nitrogen and oxygen atoms in total. The van der Waals surface area contributed by atoms with Gasteiger partial charge in [-0.25, -0.2) is 0 Å². The molecular weight excluding hydrogens is 338 g/mol. The van der Waals surface area contributed by atoms with E-state index in [2.05, 4.69) is 38.8 Å². The Morgan fingerprint density at radius 3 is 2.93 bits per heavy atom. The number of hydrogen-bond donors (Lipinski definition) is 2. The van der Waals surface area contributed by atoms with Crippen LogP contribution < -0.4 is 10.6 Å². The van der Waals surface area contributed by atoms with Crippen LogP contribution in [-0.2, 0) is 11.3 Å². The van der Waals surface area contributed by atoms with Crippen LogP contribution in [0.2, 0.25) is 0 Å². The molecule has 0 radical (unpaired) electrons. The number of carbonyl (C=O) groups excluding carboxylic acids is 1. The van der Waals surface area contributed by atoms with Crippen LogP contribution in [-0.4, -0.2) is 47.9 Å². The highest BCUT2D eigenvalue weighted by Gasteiger charge is 2.25. The summed E-state index contributed by atoms with van der Waals surface area (Å²) in [6, 6.07) is 14.5. The fraction of sp³-hybridized carbons (Fsp3) is 0.381. The van der Waals surface area contributed by atoms with Crippen molar-refractivity contribution in [2.45, 2.75) is 32.4 Å². The summed E-state index contributed by atoms with van der Waals surface area (Å²) < 4.78 is 0. The molecule has 1 amide bonds. The van der Waals surface area contributed by atoms with Gasteiger partial charge in [-0.2, -0.15) is 0 Å². The molecule has 6 heteroatoms. The second-order valence-electron chi connectivity index (χ2n) is 6.66. The summed E-state index contributed by atoms with van der Waals surface area (Å²) in [4.78, 5) is 22.5. The maximum Gasteiger partial charge on any atom is 0.222 e. The molecule has 2 heterocycles. The highest BCUT2D eigenvalue weighted by atomic mass is 16.2. The number of likely N-dealkylation sites (tertiary alicyclic amines) is 1. The molecular formula is C21H27N5O. The molecule has 27 heavy (non-hydrogen) atoms. The summed E-state index contributed by atoms with van der Waals surface area (Å²) in [5, 5.41) is 6.79. The third kappa shape index (κ3) is 5.06. The Kier molecular flexibility index (Phi) is 6.41. The van der Waals surface area contributed by atoms with Gasteiger partial charge in [0.1, 0.15) is 0 Å². The normalized spacial score (nSPS) is 17.0. The predicted octanol–water partition coefficient (Wildman–Crippen LogP) is 2.42. The van der Waals surface area contributed by atoms with Crippen molar-refractivity contribution >= 4 is 11.9 Å². The number of pyridine rings is 1. The number of aliphatic imine (C=N–C) groups is 1. The molecule has 0 bridgehead atoms. The lowest BCUT2D eigenvalue weighted by atomic mass is 10.1. The Morgan fingerprint density at radius 1 is 1.30 bits per heavy atom. The first-order valence-corrected chi connectivity index (χ1v) is 9.45. The van der Waals surface area contributed by atoms with E-state index < -0.39 is 0 Å². The number of carbonyl (C=O) groups is 1. The van der Waals surface area contributed by atoms with Crippen LogP contribution in [0.3, 0.4) is 0 Å². The molecule has 1 fully saturated rings. The third-order valence-electron chi connectivity index (χ3n) is 4.76. The van der Waals surface area contributed by atoms with Gasteiger partial charge in [-0.3, -0.25) is 14.8 Å². The predicted molar refractivity (Wildman–Crippen MR) is 108 cm³/mol. The number of nitrogens with one attached hydrogen (secondary N) is 2. The molecule has 0 aliphatic carbocycles. The Balaban J connectivity index is 1.55. The fourth-order valence-corrected chi connectivity index (χ4v) is 3.28. The molecule has 1 saturated heterocycles. The third-order valence-corrected chi connectivity index (χ3v) is 4.76. The minimum atomic E-state index is 0.216. The summed E-state index contributed by atoms with van der Waals surface area (Å²) >= 11 is 0. The molecule has 2 N–H and O–H groups in total. The van der Waals surface area contributed by atoms with E-state index in [4.69, 9.17) is 0 Å². The van der Waals surface area contributed by atoms with Gasteiger partial charge in [0.2, 0.25) is 5.91 Å². The topological polar surface area (TPSA) is 69.6 Å². The van der Waals surface area contributed by atoms with E-state index in [0.717, 1.165) is 42.3 Å². The molecule has 3 rings (SSSR count). The number of nitrogens with zero attached hydrogens (tertiary/aromatic N) is 3. The Bertz CT molecular complexity index is 790. The van der Waals surface area contributed by atoms with Crippen molar-refractivity contribution in [2.24, 2.45) is 4.99 Å². The molecule has 0 spiro atoms. The smallest absolute Gasteiger partial charge is 0.222 e. The van der Waals surface area contributed by atoms with Gasteiger partial charge in [-0.15, -0.1) is 0 Å². The van der Waals surface area contributed by atoms with Crippen LogP contribution in [0.1, 0.15) is 25.3 Å². The quantitative estimate of drug-likeness (QED) is 0.631. The fourth-order valence-electron chi connectivity index (χ4n) is 3.28. The lowest BCUT2D eigenvalue weighted by Gasteiger charge is -2.19. The summed E-state index contributed by atoms with van der Waals surface area (Å²) in [5.74, 6) is 0.975. The number of hydrogen-bond acceptors (Lipinski definition) is 3. The molecule has 1 aliphatic rings. The second-order valence-corrected chi connectivity index (χ2v) is 6.66. The van der Waals surface area contributed by atoms with Gasteiger partial charge >= 0.3 is 0 Å². The molecule has 1 aliphatic heterocycles. The van der Waals surface area contributed by atoms with Gasteiger partial charge in [-0.05, 0) is 30.2 Å². The largest absolute Gasteiger partial charge is 0.352 e. The molecule has 1 aromatic carbocycles. The van der Waals surface area contributed by atoms with E-state index in [-0.39, 0.29) is 11.9 Å². The van der Waals surface area contributed by atoms with E-state index in [0.29, 0.717) is 13.0 Å². The van der Waals surface area contributed by atoms with E-state index in [1.54, 1.807) is 13.2 Å². The van der Waals surface area contributed by atoms with Crippen molar-refractivity contribution in [1.82, 2.24) is 20.5 Å². The number of amides is 1.